The van der Waals surface area contributed by atoms with Crippen molar-refractivity contribution in [3.63, 3.8) is 0 Å². The fourth-order valence-corrected chi connectivity index (χ4v) is 3.14. The summed E-state index contributed by atoms with van der Waals surface area (Å²) in [5.74, 6) is 0.320. The van der Waals surface area contributed by atoms with Crippen LogP contribution in [-0.2, 0) is 4.79 Å². The highest BCUT2D eigenvalue weighted by Crippen LogP contribution is 2.38. The van der Waals surface area contributed by atoms with E-state index in [9.17, 15) is 9.59 Å². The maximum atomic E-state index is 12.2. The SMILES string of the molecule is Cl.NC[C@@H]1C[C@H]1C(=O)Nc1cccc(-c2n[nH]c(=O)c3ccccc23)c1. The number of halogens is 1. The van der Waals surface area contributed by atoms with Crippen LogP contribution in [0.5, 0.6) is 0 Å². The number of nitrogens with one attached hydrogen (secondary N) is 2. The van der Waals surface area contributed by atoms with Gasteiger partial charge in [-0.15, -0.1) is 12.4 Å². The highest BCUT2D eigenvalue weighted by atomic mass is 35.5. The Morgan fingerprint density at radius 2 is 1.96 bits per heavy atom. The van der Waals surface area contributed by atoms with Crippen LogP contribution in [0.25, 0.3) is 22.0 Å². The van der Waals surface area contributed by atoms with Crippen molar-refractivity contribution in [3.05, 3.63) is 58.9 Å². The molecule has 7 heteroatoms. The minimum absolute atomic E-state index is 0. The number of carbonyl (C=O) groups excluding carboxylic acids is 1. The Hall–Kier alpha value is -2.70. The van der Waals surface area contributed by atoms with Gasteiger partial charge in [0.05, 0.1) is 11.1 Å². The zero-order valence-electron chi connectivity index (χ0n) is 13.9. The van der Waals surface area contributed by atoms with E-state index in [1.54, 1.807) is 6.07 Å². The molecule has 1 amide bonds. The van der Waals surface area contributed by atoms with Crippen molar-refractivity contribution < 1.29 is 4.79 Å². The molecule has 1 aliphatic carbocycles. The molecule has 1 saturated carbocycles. The number of nitrogens with zero attached hydrogens (tertiary/aromatic N) is 1. The van der Waals surface area contributed by atoms with Gasteiger partial charge in [-0.2, -0.15) is 5.10 Å². The van der Waals surface area contributed by atoms with E-state index in [0.29, 0.717) is 29.2 Å². The predicted molar refractivity (Wildman–Crippen MR) is 104 cm³/mol. The van der Waals surface area contributed by atoms with Crippen molar-refractivity contribution in [2.45, 2.75) is 6.42 Å². The Bertz CT molecular complexity index is 1020. The van der Waals surface area contributed by atoms with Crippen LogP contribution < -0.4 is 16.6 Å². The second-order valence-electron chi connectivity index (χ2n) is 6.35. The number of amides is 1. The number of carbonyl (C=O) groups is 1. The molecule has 6 nitrogen and oxygen atoms in total. The molecule has 2 aromatic carbocycles. The lowest BCUT2D eigenvalue weighted by atomic mass is 10.0. The number of aromatic amines is 1. The van der Waals surface area contributed by atoms with Gasteiger partial charge >= 0.3 is 0 Å². The lowest BCUT2D eigenvalue weighted by molar-refractivity contribution is -0.117. The molecule has 1 aliphatic rings. The van der Waals surface area contributed by atoms with Gasteiger partial charge in [-0.1, -0.05) is 30.3 Å². The summed E-state index contributed by atoms with van der Waals surface area (Å²) < 4.78 is 0. The number of benzene rings is 2. The normalized spacial score (nSPS) is 18.2. The number of rotatable bonds is 4. The molecule has 0 aliphatic heterocycles. The second kappa shape index (κ2) is 7.27. The minimum Gasteiger partial charge on any atom is -0.330 e. The highest BCUT2D eigenvalue weighted by molar-refractivity contribution is 5.97. The van der Waals surface area contributed by atoms with Gasteiger partial charge in [0.15, 0.2) is 0 Å². The average Bonchev–Trinajstić information content (AvgIpc) is 3.43. The Morgan fingerprint density at radius 3 is 2.69 bits per heavy atom. The van der Waals surface area contributed by atoms with Gasteiger partial charge in [-0.05, 0) is 37.1 Å². The molecule has 0 saturated heterocycles. The molecule has 1 fully saturated rings. The van der Waals surface area contributed by atoms with E-state index >= 15 is 0 Å². The van der Waals surface area contributed by atoms with Crippen molar-refractivity contribution >= 4 is 34.8 Å². The largest absolute Gasteiger partial charge is 0.330 e. The molecule has 1 aromatic heterocycles. The van der Waals surface area contributed by atoms with Gasteiger partial charge in [0, 0.05) is 22.6 Å². The summed E-state index contributed by atoms with van der Waals surface area (Å²) in [4.78, 5) is 24.1. The van der Waals surface area contributed by atoms with Crippen molar-refractivity contribution in [1.82, 2.24) is 10.2 Å². The first-order chi connectivity index (χ1) is 12.2. The average molecular weight is 371 g/mol. The number of nitrogens with two attached hydrogens (primary N) is 1. The summed E-state index contributed by atoms with van der Waals surface area (Å²) in [5.41, 5.74) is 7.60. The van der Waals surface area contributed by atoms with Crippen LogP contribution in [-0.4, -0.2) is 22.6 Å². The van der Waals surface area contributed by atoms with E-state index in [4.69, 9.17) is 5.73 Å². The highest BCUT2D eigenvalue weighted by Gasteiger charge is 2.41. The van der Waals surface area contributed by atoms with Gasteiger partial charge in [-0.25, -0.2) is 5.10 Å². The Kier molecular flexibility index (Phi) is 5.06. The molecule has 0 unspecified atom stereocenters. The molecular weight excluding hydrogens is 352 g/mol. The molecule has 4 N–H and O–H groups in total. The Balaban J connectivity index is 0.00000196. The fraction of sp³-hybridized carbons (Fsp3) is 0.211. The van der Waals surface area contributed by atoms with E-state index < -0.39 is 0 Å². The summed E-state index contributed by atoms with van der Waals surface area (Å²) in [5, 5.41) is 11.0. The van der Waals surface area contributed by atoms with Crippen LogP contribution in [0.15, 0.2) is 53.3 Å². The van der Waals surface area contributed by atoms with Crippen LogP contribution >= 0.6 is 12.4 Å². The number of fused-ring (bicyclic) bond motifs is 1. The maximum absolute atomic E-state index is 12.2. The third-order valence-electron chi connectivity index (χ3n) is 4.66. The summed E-state index contributed by atoms with van der Waals surface area (Å²) in [6, 6.07) is 14.8. The van der Waals surface area contributed by atoms with Crippen molar-refractivity contribution in [2.75, 3.05) is 11.9 Å². The van der Waals surface area contributed by atoms with Crippen molar-refractivity contribution in [2.24, 2.45) is 17.6 Å². The number of hydrogen-bond acceptors (Lipinski definition) is 4. The van der Waals surface area contributed by atoms with E-state index in [0.717, 1.165) is 17.4 Å². The molecule has 0 bridgehead atoms. The summed E-state index contributed by atoms with van der Waals surface area (Å²) in [6.07, 6.45) is 0.855. The summed E-state index contributed by atoms with van der Waals surface area (Å²) in [6.45, 7) is 0.547. The molecule has 4 rings (SSSR count). The smallest absolute Gasteiger partial charge is 0.272 e. The molecule has 3 aromatic rings. The van der Waals surface area contributed by atoms with Gasteiger partial charge in [-0.3, -0.25) is 9.59 Å². The van der Waals surface area contributed by atoms with Gasteiger partial charge < -0.3 is 11.1 Å². The van der Waals surface area contributed by atoms with Gasteiger partial charge in [0.25, 0.3) is 5.56 Å². The Morgan fingerprint density at radius 1 is 1.19 bits per heavy atom. The first-order valence-electron chi connectivity index (χ1n) is 8.26. The predicted octanol–water partition coefficient (Wildman–Crippen LogP) is 2.55. The molecule has 0 spiro atoms. The Labute approximate surface area is 156 Å². The summed E-state index contributed by atoms with van der Waals surface area (Å²) in [7, 11) is 0. The monoisotopic (exact) mass is 370 g/mol. The molecule has 2 atom stereocenters. The van der Waals surface area contributed by atoms with Gasteiger partial charge in [0.2, 0.25) is 5.91 Å². The maximum Gasteiger partial charge on any atom is 0.272 e. The first kappa shape index (κ1) is 18.1. The lowest BCUT2D eigenvalue weighted by Gasteiger charge is -2.09. The quantitative estimate of drug-likeness (QED) is 0.656. The van der Waals surface area contributed by atoms with Crippen LogP contribution in [0.3, 0.4) is 0 Å². The number of hydrogen-bond donors (Lipinski definition) is 3. The zero-order chi connectivity index (χ0) is 17.4. The molecule has 1 heterocycles. The number of H-pyrrole nitrogens is 1. The number of anilines is 1. The number of aromatic nitrogens is 2. The standard InChI is InChI=1S/C19H18N4O2.ClH/c20-10-12-9-16(12)18(24)21-13-5-3-4-11(8-13)17-14-6-1-2-7-15(14)19(25)23-22-17;/h1-8,12,16H,9-10,20H2,(H,21,24)(H,23,25);1H/t12-,16+;/m0./s1. The topological polar surface area (TPSA) is 101 Å². The van der Waals surface area contributed by atoms with E-state index in [1.165, 1.54) is 0 Å². The second-order valence-corrected chi connectivity index (χ2v) is 6.35. The van der Waals surface area contributed by atoms with Gasteiger partial charge in [0.1, 0.15) is 0 Å². The zero-order valence-corrected chi connectivity index (χ0v) is 14.8. The minimum atomic E-state index is -0.217. The third kappa shape index (κ3) is 3.34. The van der Waals surface area contributed by atoms with Crippen molar-refractivity contribution in [3.8, 4) is 11.3 Å². The molecule has 26 heavy (non-hydrogen) atoms. The molecule has 134 valence electrons. The molecular formula is C19H19ClN4O2. The van der Waals surface area contributed by atoms with Crippen LogP contribution in [0.1, 0.15) is 6.42 Å². The lowest BCUT2D eigenvalue weighted by Crippen LogP contribution is -2.17. The van der Waals surface area contributed by atoms with Crippen LogP contribution in [0, 0.1) is 11.8 Å². The fourth-order valence-electron chi connectivity index (χ4n) is 3.14. The first-order valence-corrected chi connectivity index (χ1v) is 8.26. The van der Waals surface area contributed by atoms with E-state index in [2.05, 4.69) is 15.5 Å². The van der Waals surface area contributed by atoms with Crippen LogP contribution in [0.4, 0.5) is 5.69 Å². The summed E-state index contributed by atoms with van der Waals surface area (Å²) >= 11 is 0. The molecule has 0 radical (unpaired) electrons. The van der Waals surface area contributed by atoms with E-state index in [-0.39, 0.29) is 29.8 Å². The van der Waals surface area contributed by atoms with E-state index in [1.807, 2.05) is 42.5 Å². The van der Waals surface area contributed by atoms with Crippen molar-refractivity contribution in [1.29, 1.82) is 0 Å². The third-order valence-corrected chi connectivity index (χ3v) is 4.66. The van der Waals surface area contributed by atoms with Crippen LogP contribution in [0.2, 0.25) is 0 Å².